The van der Waals surface area contributed by atoms with Crippen molar-refractivity contribution in [3.05, 3.63) is 70.2 Å². The van der Waals surface area contributed by atoms with Crippen LogP contribution in [0.2, 0.25) is 5.02 Å². The van der Waals surface area contributed by atoms with E-state index in [1.165, 1.54) is 24.2 Å². The van der Waals surface area contributed by atoms with Crippen LogP contribution in [0.4, 0.5) is 0 Å². The van der Waals surface area contributed by atoms with Crippen molar-refractivity contribution in [2.24, 2.45) is 0 Å². The fraction of sp³-hybridized carbons (Fsp3) is 0.333. The lowest BCUT2D eigenvalue weighted by Gasteiger charge is -2.35. The molecule has 0 amide bonds. The van der Waals surface area contributed by atoms with E-state index in [9.17, 15) is 4.79 Å². The van der Waals surface area contributed by atoms with E-state index in [2.05, 4.69) is 23.7 Å². The minimum absolute atomic E-state index is 0.0625. The van der Waals surface area contributed by atoms with Crippen LogP contribution in [0.3, 0.4) is 0 Å². The summed E-state index contributed by atoms with van der Waals surface area (Å²) in [5.41, 5.74) is 2.17. The highest BCUT2D eigenvalue weighted by Crippen LogP contribution is 2.33. The number of nitrogens with zero attached hydrogens (tertiary/aromatic N) is 3. The molecule has 1 aliphatic rings. The highest BCUT2D eigenvalue weighted by atomic mass is 35.5. The van der Waals surface area contributed by atoms with Gasteiger partial charge < -0.3 is 9.47 Å². The molecule has 6 nitrogen and oxygen atoms in total. The molecule has 35 heavy (non-hydrogen) atoms. The molecule has 8 heteroatoms. The average Bonchev–Trinajstić information content (AvgIpc) is 3.55. The molecule has 1 aliphatic heterocycles. The molecule has 0 N–H and O–H groups in total. The van der Waals surface area contributed by atoms with E-state index < -0.39 is 0 Å². The molecule has 1 saturated heterocycles. The first-order valence-electron chi connectivity index (χ1n) is 11.7. The molecule has 4 aromatic rings. The van der Waals surface area contributed by atoms with E-state index in [0.29, 0.717) is 39.0 Å². The SMILES string of the molecule is COc1cc(-n2cnc3cc(-c4ccc(Cl)cc4)sc3c2=O)ccc1OCC(C)(C)N1CCCC1. The van der Waals surface area contributed by atoms with Crippen LogP contribution in [-0.2, 0) is 0 Å². The lowest BCUT2D eigenvalue weighted by Crippen LogP contribution is -2.46. The number of halogens is 1. The maximum atomic E-state index is 13.4. The molecular weight excluding hydrogens is 482 g/mol. The molecule has 3 heterocycles. The number of methoxy groups -OCH3 is 1. The van der Waals surface area contributed by atoms with Gasteiger partial charge in [0.2, 0.25) is 0 Å². The largest absolute Gasteiger partial charge is 0.493 e. The van der Waals surface area contributed by atoms with E-state index in [-0.39, 0.29) is 11.1 Å². The highest BCUT2D eigenvalue weighted by Gasteiger charge is 2.30. The second-order valence-corrected chi connectivity index (χ2v) is 10.9. The summed E-state index contributed by atoms with van der Waals surface area (Å²) in [6, 6.07) is 15.1. The maximum absolute atomic E-state index is 13.4. The molecule has 0 aliphatic carbocycles. The highest BCUT2D eigenvalue weighted by molar-refractivity contribution is 7.22. The molecule has 0 unspecified atom stereocenters. The number of benzene rings is 2. The summed E-state index contributed by atoms with van der Waals surface area (Å²) >= 11 is 7.44. The van der Waals surface area contributed by atoms with Crippen LogP contribution in [-0.4, -0.2) is 46.8 Å². The van der Waals surface area contributed by atoms with Gasteiger partial charge in [-0.3, -0.25) is 14.3 Å². The van der Waals surface area contributed by atoms with Gasteiger partial charge in [-0.15, -0.1) is 11.3 Å². The van der Waals surface area contributed by atoms with E-state index in [1.54, 1.807) is 18.0 Å². The summed E-state index contributed by atoms with van der Waals surface area (Å²) in [6.45, 7) is 7.18. The second-order valence-electron chi connectivity index (χ2n) is 9.38. The topological polar surface area (TPSA) is 56.6 Å². The molecule has 1 fully saturated rings. The van der Waals surface area contributed by atoms with Crippen LogP contribution in [0, 0.1) is 0 Å². The van der Waals surface area contributed by atoms with Gasteiger partial charge in [0.1, 0.15) is 17.6 Å². The molecule has 5 rings (SSSR count). The zero-order valence-electron chi connectivity index (χ0n) is 20.1. The molecule has 2 aromatic carbocycles. The summed E-state index contributed by atoms with van der Waals surface area (Å²) in [5.74, 6) is 1.24. The van der Waals surface area contributed by atoms with Crippen LogP contribution >= 0.6 is 22.9 Å². The van der Waals surface area contributed by atoms with Crippen molar-refractivity contribution < 1.29 is 9.47 Å². The molecule has 2 aromatic heterocycles. The third kappa shape index (κ3) is 4.81. The second kappa shape index (κ2) is 9.64. The van der Waals surface area contributed by atoms with Gasteiger partial charge >= 0.3 is 0 Å². The van der Waals surface area contributed by atoms with Gasteiger partial charge in [0.25, 0.3) is 5.56 Å². The average molecular weight is 510 g/mol. The third-order valence-corrected chi connectivity index (χ3v) is 7.95. The van der Waals surface area contributed by atoms with Crippen molar-refractivity contribution >= 4 is 33.2 Å². The van der Waals surface area contributed by atoms with Crippen molar-refractivity contribution in [2.75, 3.05) is 26.8 Å². The Bertz CT molecular complexity index is 1410. The first-order chi connectivity index (χ1) is 16.9. The molecular formula is C27H28ClN3O3S. The number of aromatic nitrogens is 2. The van der Waals surface area contributed by atoms with Crippen LogP contribution in [0.1, 0.15) is 26.7 Å². The lowest BCUT2D eigenvalue weighted by atomic mass is 10.1. The maximum Gasteiger partial charge on any atom is 0.275 e. The number of hydrogen-bond acceptors (Lipinski definition) is 6. The Morgan fingerprint density at radius 3 is 2.51 bits per heavy atom. The van der Waals surface area contributed by atoms with E-state index in [4.69, 9.17) is 21.1 Å². The van der Waals surface area contributed by atoms with Crippen LogP contribution < -0.4 is 15.0 Å². The Kier molecular flexibility index (Phi) is 6.57. The van der Waals surface area contributed by atoms with E-state index >= 15 is 0 Å². The molecule has 182 valence electrons. The van der Waals surface area contributed by atoms with Crippen LogP contribution in [0.15, 0.2) is 59.7 Å². The summed E-state index contributed by atoms with van der Waals surface area (Å²) in [7, 11) is 1.61. The fourth-order valence-electron chi connectivity index (χ4n) is 4.45. The van der Waals surface area contributed by atoms with Gasteiger partial charge in [-0.05, 0) is 75.7 Å². The van der Waals surface area contributed by atoms with E-state index in [0.717, 1.165) is 23.5 Å². The predicted molar refractivity (Wildman–Crippen MR) is 143 cm³/mol. The normalized spacial score (nSPS) is 14.5. The number of likely N-dealkylation sites (tertiary alicyclic amines) is 1. The molecule has 0 atom stereocenters. The Morgan fingerprint density at radius 1 is 1.06 bits per heavy atom. The zero-order chi connectivity index (χ0) is 24.6. The standard InChI is InChI=1S/C27H28ClN3O3S/c1-27(2,30-12-4-5-13-30)16-34-22-11-10-20(14-23(22)33-3)31-17-29-21-15-24(35-25(21)26(31)32)18-6-8-19(28)9-7-18/h6-11,14-15,17H,4-5,12-13,16H2,1-3H3. The van der Waals surface area contributed by atoms with Crippen molar-refractivity contribution in [3.63, 3.8) is 0 Å². The van der Waals surface area contributed by atoms with Crippen LogP contribution in [0.5, 0.6) is 11.5 Å². The first-order valence-corrected chi connectivity index (χ1v) is 12.9. The fourth-order valence-corrected chi connectivity index (χ4v) is 5.62. The summed E-state index contributed by atoms with van der Waals surface area (Å²) in [5, 5.41) is 0.677. The Hall–Kier alpha value is -2.87. The zero-order valence-corrected chi connectivity index (χ0v) is 21.7. The van der Waals surface area contributed by atoms with Gasteiger partial charge in [-0.2, -0.15) is 0 Å². The Labute approximate surface area is 213 Å². The quantitative estimate of drug-likeness (QED) is 0.304. The number of rotatable bonds is 7. The molecule has 0 saturated carbocycles. The Morgan fingerprint density at radius 2 is 1.80 bits per heavy atom. The number of hydrogen-bond donors (Lipinski definition) is 0. The minimum atomic E-state index is -0.119. The van der Waals surface area contributed by atoms with E-state index in [1.807, 2.05) is 48.5 Å². The number of ether oxygens (including phenoxy) is 2. The van der Waals surface area contributed by atoms with Crippen molar-refractivity contribution in [2.45, 2.75) is 32.2 Å². The minimum Gasteiger partial charge on any atom is -0.493 e. The predicted octanol–water partition coefficient (Wildman–Crippen LogP) is 6.03. The third-order valence-electron chi connectivity index (χ3n) is 6.53. The van der Waals surface area contributed by atoms with Gasteiger partial charge in [-0.1, -0.05) is 23.7 Å². The number of fused-ring (bicyclic) bond motifs is 1. The smallest absolute Gasteiger partial charge is 0.275 e. The van der Waals surface area contributed by atoms with Gasteiger partial charge in [0.05, 0.1) is 18.3 Å². The van der Waals surface area contributed by atoms with Crippen LogP contribution in [0.25, 0.3) is 26.3 Å². The summed E-state index contributed by atoms with van der Waals surface area (Å²) < 4.78 is 13.9. The monoisotopic (exact) mass is 509 g/mol. The van der Waals surface area contributed by atoms with Crippen molar-refractivity contribution in [3.8, 4) is 27.6 Å². The van der Waals surface area contributed by atoms with Crippen molar-refractivity contribution in [1.29, 1.82) is 0 Å². The Balaban J connectivity index is 1.42. The summed E-state index contributed by atoms with van der Waals surface area (Å²) in [4.78, 5) is 21.3. The van der Waals surface area contributed by atoms with Crippen molar-refractivity contribution in [1.82, 2.24) is 14.5 Å². The summed E-state index contributed by atoms with van der Waals surface area (Å²) in [6.07, 6.45) is 4.04. The van der Waals surface area contributed by atoms with Gasteiger partial charge in [0.15, 0.2) is 11.5 Å². The van der Waals surface area contributed by atoms with Gasteiger partial charge in [0, 0.05) is 21.5 Å². The van der Waals surface area contributed by atoms with Gasteiger partial charge in [-0.25, -0.2) is 4.98 Å². The first kappa shape index (κ1) is 23.9. The lowest BCUT2D eigenvalue weighted by molar-refractivity contribution is 0.0879. The molecule has 0 radical (unpaired) electrons. The number of thiophene rings is 1. The molecule has 0 spiro atoms. The molecule has 0 bridgehead atoms.